The zero-order valence-electron chi connectivity index (χ0n) is 13.5. The molecule has 23 heavy (non-hydrogen) atoms. The maximum Gasteiger partial charge on any atom is 0.222 e. The number of piperidine rings is 1. The molecule has 5 heteroatoms. The first-order valence-corrected chi connectivity index (χ1v) is 8.39. The summed E-state index contributed by atoms with van der Waals surface area (Å²) in [5.41, 5.74) is 9.20. The van der Waals surface area contributed by atoms with Crippen LogP contribution in [-0.2, 0) is 0 Å². The molecule has 0 amide bonds. The average molecular weight is 309 g/mol. The van der Waals surface area contributed by atoms with Crippen molar-refractivity contribution in [2.45, 2.75) is 25.8 Å². The Morgan fingerprint density at radius 1 is 1.22 bits per heavy atom. The Bertz CT molecular complexity index is 700. The summed E-state index contributed by atoms with van der Waals surface area (Å²) in [7, 11) is 0. The van der Waals surface area contributed by atoms with E-state index < -0.39 is 0 Å². The van der Waals surface area contributed by atoms with Gasteiger partial charge in [0.15, 0.2) is 0 Å². The van der Waals surface area contributed by atoms with Crippen LogP contribution in [0.25, 0.3) is 11.3 Å². The highest BCUT2D eigenvalue weighted by Gasteiger charge is 2.35. The minimum atomic E-state index is 0.349. The van der Waals surface area contributed by atoms with Crippen molar-refractivity contribution in [3.63, 3.8) is 0 Å². The van der Waals surface area contributed by atoms with Crippen molar-refractivity contribution in [1.29, 1.82) is 0 Å². The van der Waals surface area contributed by atoms with Gasteiger partial charge in [-0.2, -0.15) is 4.98 Å². The van der Waals surface area contributed by atoms with Gasteiger partial charge in [-0.3, -0.25) is 0 Å². The molecule has 2 aliphatic heterocycles. The van der Waals surface area contributed by atoms with E-state index in [1.807, 2.05) is 0 Å². The number of nitrogens with two attached hydrogens (primary N) is 1. The number of aryl methyl sites for hydroxylation is 1. The normalized spacial score (nSPS) is 23.8. The van der Waals surface area contributed by atoms with Crippen molar-refractivity contribution in [1.82, 2.24) is 15.3 Å². The summed E-state index contributed by atoms with van der Waals surface area (Å²) in [5, 5.41) is 3.63. The molecule has 0 bridgehead atoms. The van der Waals surface area contributed by atoms with E-state index in [0.29, 0.717) is 12.0 Å². The third-order valence-electron chi connectivity index (χ3n) is 4.97. The SMILES string of the molecule is Cc1cccc(-c2cc(N3C[C@H]4CCCN[C@H]4C3)nc(N)n2)c1. The molecule has 4 rings (SSSR count). The Kier molecular flexibility index (Phi) is 3.65. The van der Waals surface area contributed by atoms with E-state index in [0.717, 1.165) is 42.6 Å². The third kappa shape index (κ3) is 2.88. The van der Waals surface area contributed by atoms with Gasteiger partial charge in [0, 0.05) is 30.8 Å². The molecule has 2 saturated heterocycles. The number of hydrogen-bond acceptors (Lipinski definition) is 5. The van der Waals surface area contributed by atoms with Crippen LogP contribution in [0.2, 0.25) is 0 Å². The van der Waals surface area contributed by atoms with Crippen LogP contribution in [0.4, 0.5) is 11.8 Å². The lowest BCUT2D eigenvalue weighted by Gasteiger charge is -2.24. The Morgan fingerprint density at radius 3 is 2.96 bits per heavy atom. The lowest BCUT2D eigenvalue weighted by Crippen LogP contribution is -2.40. The molecular formula is C18H23N5. The second-order valence-electron chi connectivity index (χ2n) is 6.71. The fraction of sp³-hybridized carbons (Fsp3) is 0.444. The van der Waals surface area contributed by atoms with Crippen LogP contribution in [0.1, 0.15) is 18.4 Å². The van der Waals surface area contributed by atoms with Crippen LogP contribution < -0.4 is 16.0 Å². The van der Waals surface area contributed by atoms with E-state index in [-0.39, 0.29) is 0 Å². The second kappa shape index (κ2) is 5.81. The molecular weight excluding hydrogens is 286 g/mol. The zero-order chi connectivity index (χ0) is 15.8. The van der Waals surface area contributed by atoms with Crippen molar-refractivity contribution >= 4 is 11.8 Å². The number of fused-ring (bicyclic) bond motifs is 1. The van der Waals surface area contributed by atoms with E-state index in [4.69, 9.17) is 5.73 Å². The van der Waals surface area contributed by atoms with Crippen molar-refractivity contribution in [3.05, 3.63) is 35.9 Å². The fourth-order valence-electron chi connectivity index (χ4n) is 3.80. The lowest BCUT2D eigenvalue weighted by atomic mass is 9.94. The smallest absolute Gasteiger partial charge is 0.222 e. The molecule has 3 N–H and O–H groups in total. The van der Waals surface area contributed by atoms with E-state index in [9.17, 15) is 0 Å². The predicted octanol–water partition coefficient (Wildman–Crippen LogP) is 2.22. The average Bonchev–Trinajstić information content (AvgIpc) is 2.98. The number of hydrogen-bond donors (Lipinski definition) is 2. The van der Waals surface area contributed by atoms with Gasteiger partial charge in [-0.25, -0.2) is 4.98 Å². The van der Waals surface area contributed by atoms with Gasteiger partial charge < -0.3 is 16.0 Å². The quantitative estimate of drug-likeness (QED) is 0.890. The number of nitrogens with zero attached hydrogens (tertiary/aromatic N) is 3. The summed E-state index contributed by atoms with van der Waals surface area (Å²) >= 11 is 0. The van der Waals surface area contributed by atoms with Crippen molar-refractivity contribution < 1.29 is 0 Å². The van der Waals surface area contributed by atoms with Crippen molar-refractivity contribution in [2.75, 3.05) is 30.3 Å². The molecule has 3 heterocycles. The highest BCUT2D eigenvalue weighted by molar-refractivity contribution is 5.65. The van der Waals surface area contributed by atoms with E-state index in [1.54, 1.807) is 0 Å². The van der Waals surface area contributed by atoms with Gasteiger partial charge in [-0.05, 0) is 38.3 Å². The van der Waals surface area contributed by atoms with E-state index >= 15 is 0 Å². The van der Waals surface area contributed by atoms with Crippen LogP contribution in [0.3, 0.4) is 0 Å². The van der Waals surface area contributed by atoms with Crippen LogP contribution in [0, 0.1) is 12.8 Å². The Labute approximate surface area is 136 Å². The molecule has 2 atom stereocenters. The van der Waals surface area contributed by atoms with Gasteiger partial charge >= 0.3 is 0 Å². The Balaban J connectivity index is 1.65. The summed E-state index contributed by atoms with van der Waals surface area (Å²) in [5.74, 6) is 2.02. The van der Waals surface area contributed by atoms with Gasteiger partial charge in [-0.15, -0.1) is 0 Å². The van der Waals surface area contributed by atoms with E-state index in [2.05, 4.69) is 57.4 Å². The largest absolute Gasteiger partial charge is 0.368 e. The Morgan fingerprint density at radius 2 is 2.13 bits per heavy atom. The number of nitrogens with one attached hydrogen (secondary N) is 1. The van der Waals surface area contributed by atoms with E-state index in [1.165, 1.54) is 18.4 Å². The standard InChI is InChI=1S/C18H23N5/c1-12-4-2-5-13(8-12)15-9-17(22-18(19)21-15)23-10-14-6-3-7-20-16(14)11-23/h2,4-5,8-9,14,16,20H,3,6-7,10-11H2,1H3,(H2,19,21,22)/t14-,16+/m1/s1. The van der Waals surface area contributed by atoms with Gasteiger partial charge in [-0.1, -0.05) is 23.8 Å². The topological polar surface area (TPSA) is 67.1 Å². The molecule has 2 aromatic rings. The highest BCUT2D eigenvalue weighted by Crippen LogP contribution is 2.30. The molecule has 1 aromatic heterocycles. The van der Waals surface area contributed by atoms with Gasteiger partial charge in [0.2, 0.25) is 5.95 Å². The van der Waals surface area contributed by atoms with Gasteiger partial charge in [0.05, 0.1) is 5.69 Å². The maximum atomic E-state index is 5.98. The first kappa shape index (κ1) is 14.5. The third-order valence-corrected chi connectivity index (χ3v) is 4.97. The summed E-state index contributed by atoms with van der Waals surface area (Å²) < 4.78 is 0. The summed E-state index contributed by atoms with van der Waals surface area (Å²) in [4.78, 5) is 11.3. The van der Waals surface area contributed by atoms with Gasteiger partial charge in [0.25, 0.3) is 0 Å². The minimum Gasteiger partial charge on any atom is -0.368 e. The molecule has 0 radical (unpaired) electrons. The zero-order valence-corrected chi connectivity index (χ0v) is 13.5. The van der Waals surface area contributed by atoms with Crippen LogP contribution >= 0.6 is 0 Å². The summed E-state index contributed by atoms with van der Waals surface area (Å²) in [6.45, 7) is 5.29. The monoisotopic (exact) mass is 309 g/mol. The molecule has 2 fully saturated rings. The predicted molar refractivity (Wildman–Crippen MR) is 93.3 cm³/mol. The minimum absolute atomic E-state index is 0.349. The molecule has 2 aliphatic rings. The summed E-state index contributed by atoms with van der Waals surface area (Å²) in [6, 6.07) is 11.0. The molecule has 0 spiro atoms. The fourth-order valence-corrected chi connectivity index (χ4v) is 3.80. The van der Waals surface area contributed by atoms with Crippen molar-refractivity contribution in [2.24, 2.45) is 5.92 Å². The van der Waals surface area contributed by atoms with Crippen LogP contribution in [-0.4, -0.2) is 35.6 Å². The number of nitrogen functional groups attached to an aromatic ring is 1. The number of aromatic nitrogens is 2. The first-order valence-electron chi connectivity index (χ1n) is 8.39. The number of rotatable bonds is 2. The number of benzene rings is 1. The Hall–Kier alpha value is -2.14. The molecule has 0 aliphatic carbocycles. The maximum absolute atomic E-state index is 5.98. The molecule has 5 nitrogen and oxygen atoms in total. The lowest BCUT2D eigenvalue weighted by molar-refractivity contribution is 0.340. The van der Waals surface area contributed by atoms with Crippen molar-refractivity contribution in [3.8, 4) is 11.3 Å². The van der Waals surface area contributed by atoms with Crippen LogP contribution in [0.15, 0.2) is 30.3 Å². The molecule has 1 aromatic carbocycles. The number of anilines is 2. The van der Waals surface area contributed by atoms with Crippen LogP contribution in [0.5, 0.6) is 0 Å². The summed E-state index contributed by atoms with van der Waals surface area (Å²) in [6.07, 6.45) is 2.58. The molecule has 0 saturated carbocycles. The second-order valence-corrected chi connectivity index (χ2v) is 6.71. The first-order chi connectivity index (χ1) is 11.2. The molecule has 120 valence electrons. The highest BCUT2D eigenvalue weighted by atomic mass is 15.3. The molecule has 0 unspecified atom stereocenters. The van der Waals surface area contributed by atoms with Gasteiger partial charge in [0.1, 0.15) is 5.82 Å².